The molecule has 0 radical (unpaired) electrons. The number of benzene rings is 7. The Morgan fingerprint density at radius 3 is 1.38 bits per heavy atom. The average molecular weight is 533 g/mol. The fourth-order valence-electron chi connectivity index (χ4n) is 7.55. The van der Waals surface area contributed by atoms with E-state index in [4.69, 9.17) is 0 Å². The number of para-hydroxylation sites is 4. The second-order valence-electron chi connectivity index (χ2n) is 11.3. The Morgan fingerprint density at radius 1 is 0.310 bits per heavy atom. The first-order valence-electron chi connectivity index (χ1n) is 14.5. The zero-order valence-corrected chi connectivity index (χ0v) is 22.8. The summed E-state index contributed by atoms with van der Waals surface area (Å²) in [5, 5.41) is 7.77. The van der Waals surface area contributed by atoms with Gasteiger partial charge in [0.1, 0.15) is 0 Å². The molecule has 1 aliphatic rings. The molecule has 9 aromatic rings. The van der Waals surface area contributed by atoms with Crippen molar-refractivity contribution in [1.82, 2.24) is 9.13 Å². The highest BCUT2D eigenvalue weighted by Gasteiger charge is 2.25. The number of hydrogen-bond acceptors (Lipinski definition) is 0. The summed E-state index contributed by atoms with van der Waals surface area (Å²) in [6.45, 7) is 0. The molecule has 0 fully saturated rings. The number of nitrogens with zero attached hydrogens (tertiary/aromatic N) is 2. The van der Waals surface area contributed by atoms with E-state index in [1.54, 1.807) is 0 Å². The molecule has 0 bridgehead atoms. The summed E-state index contributed by atoms with van der Waals surface area (Å²) in [6.07, 6.45) is 0. The number of rotatable bonds is 2. The van der Waals surface area contributed by atoms with Gasteiger partial charge in [-0.05, 0) is 70.1 Å². The maximum atomic E-state index is 2.44. The third-order valence-corrected chi connectivity index (χ3v) is 9.26. The predicted molar refractivity (Wildman–Crippen MR) is 177 cm³/mol. The molecular weight excluding hydrogens is 508 g/mol. The predicted octanol–water partition coefficient (Wildman–Crippen LogP) is 10.7. The zero-order chi connectivity index (χ0) is 27.4. The lowest BCUT2D eigenvalue weighted by Crippen LogP contribution is -1.95. The van der Waals surface area contributed by atoms with E-state index in [0.717, 1.165) is 0 Å². The highest BCUT2D eigenvalue weighted by Crippen LogP contribution is 2.50. The van der Waals surface area contributed by atoms with E-state index in [9.17, 15) is 0 Å². The van der Waals surface area contributed by atoms with Crippen LogP contribution in [0.3, 0.4) is 0 Å². The van der Waals surface area contributed by atoms with Gasteiger partial charge in [-0.2, -0.15) is 0 Å². The van der Waals surface area contributed by atoms with Crippen molar-refractivity contribution >= 4 is 54.4 Å². The maximum absolute atomic E-state index is 2.44. The third-order valence-electron chi connectivity index (χ3n) is 9.26. The molecule has 2 nitrogen and oxygen atoms in total. The molecule has 0 atom stereocenters. The minimum absolute atomic E-state index is 1.19. The molecule has 0 N–H and O–H groups in total. The summed E-state index contributed by atoms with van der Waals surface area (Å²) < 4.78 is 4.86. The van der Waals surface area contributed by atoms with Gasteiger partial charge in [-0.3, -0.25) is 0 Å². The van der Waals surface area contributed by atoms with Crippen molar-refractivity contribution in [1.29, 1.82) is 0 Å². The van der Waals surface area contributed by atoms with Crippen LogP contribution >= 0.6 is 0 Å². The Balaban J connectivity index is 1.24. The van der Waals surface area contributed by atoms with Gasteiger partial charge in [0.25, 0.3) is 0 Å². The molecule has 0 saturated heterocycles. The van der Waals surface area contributed by atoms with Crippen molar-refractivity contribution in [3.63, 3.8) is 0 Å². The van der Waals surface area contributed by atoms with Gasteiger partial charge < -0.3 is 9.13 Å². The Bertz CT molecular complexity index is 2470. The van der Waals surface area contributed by atoms with E-state index in [2.05, 4.69) is 155 Å². The van der Waals surface area contributed by atoms with Crippen LogP contribution in [0.2, 0.25) is 0 Å². The topological polar surface area (TPSA) is 9.86 Å². The summed E-state index contributed by atoms with van der Waals surface area (Å²) >= 11 is 0. The van der Waals surface area contributed by atoms with Gasteiger partial charge >= 0.3 is 0 Å². The summed E-state index contributed by atoms with van der Waals surface area (Å²) in [4.78, 5) is 0. The van der Waals surface area contributed by atoms with Gasteiger partial charge in [0, 0.05) is 32.6 Å². The molecule has 10 rings (SSSR count). The van der Waals surface area contributed by atoms with Crippen molar-refractivity contribution < 1.29 is 0 Å². The van der Waals surface area contributed by atoms with Gasteiger partial charge in [-0.25, -0.2) is 0 Å². The monoisotopic (exact) mass is 532 g/mol. The first-order valence-corrected chi connectivity index (χ1v) is 14.5. The molecule has 42 heavy (non-hydrogen) atoms. The lowest BCUT2D eigenvalue weighted by molar-refractivity contribution is 1.18. The maximum Gasteiger partial charge on any atom is 0.0541 e. The van der Waals surface area contributed by atoms with E-state index in [1.807, 2.05) is 0 Å². The van der Waals surface area contributed by atoms with Crippen molar-refractivity contribution in [3.05, 3.63) is 146 Å². The van der Waals surface area contributed by atoms with Crippen LogP contribution in [0.15, 0.2) is 146 Å². The van der Waals surface area contributed by atoms with Crippen molar-refractivity contribution in [2.24, 2.45) is 0 Å². The summed E-state index contributed by atoms with van der Waals surface area (Å²) in [5.74, 6) is 0. The fraction of sp³-hybridized carbons (Fsp3) is 0. The van der Waals surface area contributed by atoms with Crippen LogP contribution < -0.4 is 0 Å². The molecule has 0 saturated carbocycles. The van der Waals surface area contributed by atoms with Crippen molar-refractivity contribution in [2.75, 3.05) is 0 Å². The van der Waals surface area contributed by atoms with E-state index in [1.165, 1.54) is 88.0 Å². The quantitative estimate of drug-likeness (QED) is 0.210. The van der Waals surface area contributed by atoms with E-state index in [0.29, 0.717) is 0 Å². The lowest BCUT2D eigenvalue weighted by atomic mass is 10.0. The number of aromatic nitrogens is 2. The van der Waals surface area contributed by atoms with Gasteiger partial charge in [-0.15, -0.1) is 0 Å². The van der Waals surface area contributed by atoms with Crippen LogP contribution in [0, 0.1) is 0 Å². The van der Waals surface area contributed by atoms with Gasteiger partial charge in [0.15, 0.2) is 0 Å². The summed E-state index contributed by atoms with van der Waals surface area (Å²) in [7, 11) is 0. The van der Waals surface area contributed by atoms with Crippen molar-refractivity contribution in [3.8, 4) is 33.6 Å². The Hall–Kier alpha value is -5.60. The second kappa shape index (κ2) is 7.99. The smallest absolute Gasteiger partial charge is 0.0541 e. The average Bonchev–Trinajstić information content (AvgIpc) is 3.68. The van der Waals surface area contributed by atoms with Crippen LogP contribution in [-0.2, 0) is 0 Å². The van der Waals surface area contributed by atoms with Gasteiger partial charge in [-0.1, -0.05) is 103 Å². The molecule has 0 unspecified atom stereocenters. The molecule has 0 aliphatic heterocycles. The van der Waals surface area contributed by atoms with Crippen molar-refractivity contribution in [2.45, 2.75) is 0 Å². The first kappa shape index (κ1) is 22.1. The molecule has 0 spiro atoms. The SMILES string of the molecule is c1cc2c3c(ccc(-n4c5ccccc5c5ccccc54)c3c1)-c1ccc(-n3c4ccccc4c4ccccc43)cc1-2. The standard InChI is InChI=1S/C40H24N2/c1-5-16-35-27(10-1)28-11-2-6-17-36(28)41(35)25-20-21-26-32-22-23-39(33-15-9-14-31(40(32)33)34(26)24-25)42-37-18-7-3-12-29(37)30-13-4-8-19-38(30)42/h1-24H. The van der Waals surface area contributed by atoms with Crippen LogP contribution in [-0.4, -0.2) is 9.13 Å². The van der Waals surface area contributed by atoms with E-state index < -0.39 is 0 Å². The lowest BCUT2D eigenvalue weighted by Gasteiger charge is -2.13. The molecular formula is C40H24N2. The normalized spacial score (nSPS) is 12.3. The number of fused-ring (bicyclic) bond motifs is 9. The Kier molecular flexibility index (Phi) is 4.21. The molecule has 2 heterocycles. The second-order valence-corrected chi connectivity index (χ2v) is 11.3. The molecule has 194 valence electrons. The van der Waals surface area contributed by atoms with Crippen LogP contribution in [0.1, 0.15) is 0 Å². The summed E-state index contributed by atoms with van der Waals surface area (Å²) in [6, 6.07) is 53.4. The molecule has 1 aliphatic carbocycles. The first-order chi connectivity index (χ1) is 20.9. The number of hydrogen-bond donors (Lipinski definition) is 0. The molecule has 0 amide bonds. The molecule has 2 heteroatoms. The van der Waals surface area contributed by atoms with Gasteiger partial charge in [0.2, 0.25) is 0 Å². The van der Waals surface area contributed by atoms with E-state index in [-0.39, 0.29) is 0 Å². The Morgan fingerprint density at radius 2 is 0.786 bits per heavy atom. The minimum Gasteiger partial charge on any atom is -0.309 e. The minimum atomic E-state index is 1.19. The zero-order valence-electron chi connectivity index (χ0n) is 22.8. The third kappa shape index (κ3) is 2.74. The highest BCUT2D eigenvalue weighted by molar-refractivity contribution is 6.19. The van der Waals surface area contributed by atoms with E-state index >= 15 is 0 Å². The van der Waals surface area contributed by atoms with Crippen LogP contribution in [0.5, 0.6) is 0 Å². The largest absolute Gasteiger partial charge is 0.309 e. The van der Waals surface area contributed by atoms with Crippen LogP contribution in [0.25, 0.3) is 88.0 Å². The molecule has 7 aromatic carbocycles. The molecule has 2 aromatic heterocycles. The Labute approximate surface area is 242 Å². The van der Waals surface area contributed by atoms with Gasteiger partial charge in [0.05, 0.1) is 27.8 Å². The fourth-order valence-corrected chi connectivity index (χ4v) is 7.55. The highest BCUT2D eigenvalue weighted by atomic mass is 15.0. The van der Waals surface area contributed by atoms with Crippen LogP contribution in [0.4, 0.5) is 0 Å². The summed E-state index contributed by atoms with van der Waals surface area (Å²) in [5.41, 5.74) is 12.6.